The number of hydrogen-bond acceptors (Lipinski definition) is 8. The summed E-state index contributed by atoms with van der Waals surface area (Å²) in [4.78, 5) is 39.5. The first-order chi connectivity index (χ1) is 10.6. The first kappa shape index (κ1) is 17.0. The van der Waals surface area contributed by atoms with Crippen LogP contribution in [0.4, 0.5) is 0 Å². The number of morpholine rings is 1. The molecule has 0 aromatic heterocycles. The summed E-state index contributed by atoms with van der Waals surface area (Å²) in [5.41, 5.74) is 0. The maximum absolute atomic E-state index is 12.6. The molecule has 1 amide bonds. The van der Waals surface area contributed by atoms with E-state index in [4.69, 9.17) is 14.2 Å². The molecule has 0 N–H and O–H groups in total. The number of thioether (sulfide) groups is 1. The predicted octanol–water partition coefficient (Wildman–Crippen LogP) is -1.07. The van der Waals surface area contributed by atoms with E-state index < -0.39 is 23.4 Å². The molecule has 2 saturated heterocycles. The fraction of sp³-hybridized carbons (Fsp3) is 0.769. The number of esters is 2. The van der Waals surface area contributed by atoms with Crippen LogP contribution in [0.2, 0.25) is 0 Å². The van der Waals surface area contributed by atoms with E-state index in [1.54, 1.807) is 0 Å². The van der Waals surface area contributed by atoms with Crippen LogP contribution in [0.1, 0.15) is 0 Å². The Bertz CT molecular complexity index is 416. The predicted molar refractivity (Wildman–Crippen MR) is 78.2 cm³/mol. The lowest BCUT2D eigenvalue weighted by molar-refractivity contribution is -0.157. The molecule has 2 aliphatic heterocycles. The fourth-order valence-corrected chi connectivity index (χ4v) is 3.76. The highest BCUT2D eigenvalue weighted by molar-refractivity contribution is 8.00. The van der Waals surface area contributed by atoms with Crippen LogP contribution in [-0.2, 0) is 28.6 Å². The summed E-state index contributed by atoms with van der Waals surface area (Å²) in [6, 6.07) is -0.757. The SMILES string of the molecule is COC(=O)[C@@H]1CS[C@@H](C(=O)OC)N1C(=O)CN1CCOCC1. The number of hydrogen-bond donors (Lipinski definition) is 0. The first-order valence-electron chi connectivity index (χ1n) is 6.97. The van der Waals surface area contributed by atoms with Gasteiger partial charge in [0.2, 0.25) is 5.91 Å². The molecule has 0 radical (unpaired) electrons. The largest absolute Gasteiger partial charge is 0.467 e. The molecule has 0 aromatic rings. The number of carbonyl (C=O) groups excluding carboxylic acids is 3. The third-order valence-corrected chi connectivity index (χ3v) is 4.87. The van der Waals surface area contributed by atoms with E-state index in [1.807, 2.05) is 4.90 Å². The van der Waals surface area contributed by atoms with E-state index in [9.17, 15) is 14.4 Å². The van der Waals surface area contributed by atoms with E-state index in [0.29, 0.717) is 32.1 Å². The Balaban J connectivity index is 2.10. The highest BCUT2D eigenvalue weighted by Crippen LogP contribution is 2.30. The van der Waals surface area contributed by atoms with Crippen LogP contribution in [-0.4, -0.2) is 91.9 Å². The molecule has 0 aromatic carbocycles. The third kappa shape index (κ3) is 3.71. The van der Waals surface area contributed by atoms with Crippen molar-refractivity contribution < 1.29 is 28.6 Å². The van der Waals surface area contributed by atoms with Crippen molar-refractivity contribution in [3.05, 3.63) is 0 Å². The van der Waals surface area contributed by atoms with Crippen molar-refractivity contribution in [1.82, 2.24) is 9.80 Å². The number of amides is 1. The molecule has 2 atom stereocenters. The smallest absolute Gasteiger partial charge is 0.339 e. The molecule has 2 fully saturated rings. The van der Waals surface area contributed by atoms with Crippen molar-refractivity contribution in [1.29, 1.82) is 0 Å². The monoisotopic (exact) mass is 332 g/mol. The molecule has 2 aliphatic rings. The van der Waals surface area contributed by atoms with Gasteiger partial charge in [-0.15, -0.1) is 11.8 Å². The zero-order chi connectivity index (χ0) is 16.1. The third-order valence-electron chi connectivity index (χ3n) is 3.63. The molecule has 9 heteroatoms. The minimum Gasteiger partial charge on any atom is -0.467 e. The summed E-state index contributed by atoms with van der Waals surface area (Å²) in [6.07, 6.45) is 0. The molecular weight excluding hydrogens is 312 g/mol. The standard InChI is InChI=1S/C13H20N2O6S/c1-19-12(17)9-8-22-11(13(18)20-2)15(9)10(16)7-14-3-5-21-6-4-14/h9,11H,3-8H2,1-2H3/t9-,11-/m0/s1. The van der Waals surface area contributed by atoms with E-state index in [0.717, 1.165) is 0 Å². The van der Waals surface area contributed by atoms with E-state index >= 15 is 0 Å². The van der Waals surface area contributed by atoms with Gasteiger partial charge in [0.05, 0.1) is 34.0 Å². The van der Waals surface area contributed by atoms with Crippen LogP contribution in [0.3, 0.4) is 0 Å². The van der Waals surface area contributed by atoms with Gasteiger partial charge in [-0.25, -0.2) is 9.59 Å². The van der Waals surface area contributed by atoms with Gasteiger partial charge in [0, 0.05) is 18.8 Å². The van der Waals surface area contributed by atoms with Crippen molar-refractivity contribution in [3.8, 4) is 0 Å². The zero-order valence-corrected chi connectivity index (χ0v) is 13.5. The van der Waals surface area contributed by atoms with Crippen LogP contribution >= 0.6 is 11.8 Å². The Morgan fingerprint density at radius 2 is 1.77 bits per heavy atom. The Morgan fingerprint density at radius 1 is 1.14 bits per heavy atom. The second-order valence-electron chi connectivity index (χ2n) is 4.94. The summed E-state index contributed by atoms with van der Waals surface area (Å²) >= 11 is 1.21. The number of ether oxygens (including phenoxy) is 3. The summed E-state index contributed by atoms with van der Waals surface area (Å²) < 4.78 is 14.7. The van der Waals surface area contributed by atoms with Gasteiger partial charge in [-0.2, -0.15) is 0 Å². The average molecular weight is 332 g/mol. The second kappa shape index (κ2) is 7.80. The Morgan fingerprint density at radius 3 is 2.36 bits per heavy atom. The molecule has 0 spiro atoms. The van der Waals surface area contributed by atoms with Gasteiger partial charge in [-0.05, 0) is 0 Å². The fourth-order valence-electron chi connectivity index (χ4n) is 2.44. The molecular formula is C13H20N2O6S. The summed E-state index contributed by atoms with van der Waals surface area (Å²) in [7, 11) is 2.53. The molecule has 124 valence electrons. The number of rotatable bonds is 4. The number of nitrogens with zero attached hydrogens (tertiary/aromatic N) is 2. The van der Waals surface area contributed by atoms with Gasteiger partial charge in [0.15, 0.2) is 5.37 Å². The highest BCUT2D eigenvalue weighted by Gasteiger charge is 2.46. The van der Waals surface area contributed by atoms with Crippen molar-refractivity contribution in [2.75, 3.05) is 52.8 Å². The molecule has 0 saturated carbocycles. The maximum Gasteiger partial charge on any atom is 0.339 e. The molecule has 8 nitrogen and oxygen atoms in total. The van der Waals surface area contributed by atoms with Crippen LogP contribution in [0.5, 0.6) is 0 Å². The van der Waals surface area contributed by atoms with Gasteiger partial charge in [-0.1, -0.05) is 0 Å². The molecule has 0 aliphatic carbocycles. The zero-order valence-electron chi connectivity index (χ0n) is 12.6. The molecule has 2 heterocycles. The molecule has 0 unspecified atom stereocenters. The maximum atomic E-state index is 12.6. The minimum atomic E-state index is -0.803. The summed E-state index contributed by atoms with van der Waals surface area (Å²) in [5.74, 6) is -1.01. The quantitative estimate of drug-likeness (QED) is 0.602. The lowest BCUT2D eigenvalue weighted by Crippen LogP contribution is -2.53. The van der Waals surface area contributed by atoms with Gasteiger partial charge in [-0.3, -0.25) is 9.69 Å². The van der Waals surface area contributed by atoms with Crippen LogP contribution in [0.25, 0.3) is 0 Å². The van der Waals surface area contributed by atoms with Crippen LogP contribution in [0, 0.1) is 0 Å². The Hall–Kier alpha value is -1.32. The van der Waals surface area contributed by atoms with Gasteiger partial charge in [0.25, 0.3) is 0 Å². The van der Waals surface area contributed by atoms with Crippen molar-refractivity contribution in [2.45, 2.75) is 11.4 Å². The van der Waals surface area contributed by atoms with E-state index in [1.165, 1.54) is 30.9 Å². The van der Waals surface area contributed by atoms with E-state index in [2.05, 4.69) is 0 Å². The first-order valence-corrected chi connectivity index (χ1v) is 8.02. The van der Waals surface area contributed by atoms with Crippen LogP contribution < -0.4 is 0 Å². The highest BCUT2D eigenvalue weighted by atomic mass is 32.2. The minimum absolute atomic E-state index is 0.144. The van der Waals surface area contributed by atoms with Gasteiger partial charge < -0.3 is 19.1 Å². The topological polar surface area (TPSA) is 85.4 Å². The van der Waals surface area contributed by atoms with Crippen molar-refractivity contribution in [3.63, 3.8) is 0 Å². The summed E-state index contributed by atoms with van der Waals surface area (Å²) in [6.45, 7) is 2.59. The molecule has 2 rings (SSSR count). The lowest BCUT2D eigenvalue weighted by atomic mass is 10.2. The van der Waals surface area contributed by atoms with Crippen molar-refractivity contribution in [2.24, 2.45) is 0 Å². The lowest BCUT2D eigenvalue weighted by Gasteiger charge is -2.31. The van der Waals surface area contributed by atoms with Crippen molar-refractivity contribution >= 4 is 29.6 Å². The second-order valence-corrected chi connectivity index (χ2v) is 6.05. The average Bonchev–Trinajstić information content (AvgIpc) is 2.99. The molecule has 0 bridgehead atoms. The van der Waals surface area contributed by atoms with Gasteiger partial charge >= 0.3 is 11.9 Å². The van der Waals surface area contributed by atoms with E-state index in [-0.39, 0.29) is 12.5 Å². The summed E-state index contributed by atoms with van der Waals surface area (Å²) in [5, 5.41) is -0.803. The number of carbonyl (C=O) groups is 3. The Labute approximate surface area is 133 Å². The Kier molecular flexibility index (Phi) is 6.04. The number of methoxy groups -OCH3 is 2. The van der Waals surface area contributed by atoms with Crippen LogP contribution in [0.15, 0.2) is 0 Å². The van der Waals surface area contributed by atoms with Gasteiger partial charge in [0.1, 0.15) is 6.04 Å². The molecule has 22 heavy (non-hydrogen) atoms. The normalized spacial score (nSPS) is 25.8.